The number of carboxylic acids is 1. The monoisotopic (exact) mass is 1530 g/mol. The van der Waals surface area contributed by atoms with Crippen molar-refractivity contribution >= 4 is 122 Å². The second kappa shape index (κ2) is 41.5. The smallest absolute Gasteiger partial charge is 0.305 e. The maximum atomic E-state index is 15.5. The van der Waals surface area contributed by atoms with Gasteiger partial charge in [-0.05, 0) is 94.3 Å². The van der Waals surface area contributed by atoms with E-state index in [0.29, 0.717) is 34.4 Å². The summed E-state index contributed by atoms with van der Waals surface area (Å²) in [7, 11) is 0.782. The van der Waals surface area contributed by atoms with Crippen LogP contribution in [0.5, 0.6) is 0 Å². The van der Waals surface area contributed by atoms with Crippen LogP contribution in [0, 0.1) is 28.6 Å². The standard InChI is InChI=1S/C67H110N18O19S2/c1-11-33(4)47-57(98)81-61-59(100)77-41(32-87)53(94)73-37(19-14-25-71-66(68)69)52(93)76-40(31-86)54(95)75-39(30-67(8,9)10)63(102)85-28-18-22-44(85)64(103)83-26-16-21-43(83)56(97)79-48(34(5)12-2)58(99)82-62(106-105-61)60(101)80-49(35(6)13-3)65(104)84-27-17-20-42(84)55(96)74-38(29-46(89)90)51(92)70-24-15-23-45(88)72-36(7)50(91)78-47/h33-44,47-49,61-62,86-87H,11-32H2,1-10H3,(H,70,92)(H,72,88)(H,73,94)(H,74,96)(H,75,95)(H,76,93)(H,77,100)(H,78,91)(H,79,97)(H,80,101)(H,81,98)(H,82,99)(H,89,90)(H4,68,69,71)/t33-,34-,35-,36-,37-,38-,39-,40-,41-,42-,43-,44-,47-,48-,49-,61-,62-/m0/s1. The van der Waals surface area contributed by atoms with E-state index in [-0.39, 0.29) is 110 Å². The lowest BCUT2D eigenvalue weighted by Crippen LogP contribution is -2.61. The molecule has 0 radical (unpaired) electrons. The van der Waals surface area contributed by atoms with E-state index in [0.717, 1.165) is 4.90 Å². The van der Waals surface area contributed by atoms with Crippen molar-refractivity contribution in [1.82, 2.24) is 83.8 Å². The number of carbonyl (C=O) groups is 16. The van der Waals surface area contributed by atoms with E-state index in [2.05, 4.69) is 69.1 Å². The number of carboxylic acid groups (broad SMARTS) is 1. The second-order valence-corrected chi connectivity index (χ2v) is 31.3. The van der Waals surface area contributed by atoms with Gasteiger partial charge in [0.25, 0.3) is 11.8 Å². The molecule has 2 bridgehead atoms. The Labute approximate surface area is 624 Å². The molecule has 5 aliphatic rings. The van der Waals surface area contributed by atoms with Crippen LogP contribution in [-0.2, 0) is 76.7 Å². The molecule has 15 amide bonds. The average Bonchev–Trinajstić information content (AvgIpc) is 1.62. The number of aliphatic hydroxyl groups is 2. The van der Waals surface area contributed by atoms with Gasteiger partial charge in [-0.15, -0.1) is 0 Å². The zero-order valence-corrected chi connectivity index (χ0v) is 63.6. The van der Waals surface area contributed by atoms with Gasteiger partial charge in [0.1, 0.15) is 72.5 Å². The van der Waals surface area contributed by atoms with Crippen LogP contribution in [-0.4, -0.2) is 260 Å². The third-order valence-electron chi connectivity index (χ3n) is 19.5. The molecule has 0 aliphatic carbocycles. The van der Waals surface area contributed by atoms with Gasteiger partial charge in [0, 0.05) is 39.1 Å². The van der Waals surface area contributed by atoms with Crippen LogP contribution in [0.2, 0.25) is 0 Å². The van der Waals surface area contributed by atoms with E-state index in [9.17, 15) is 72.9 Å². The van der Waals surface area contributed by atoms with Gasteiger partial charge in [0.2, 0.25) is 76.8 Å². The molecule has 106 heavy (non-hydrogen) atoms. The third kappa shape index (κ3) is 25.3. The Morgan fingerprint density at radius 2 is 0.943 bits per heavy atom. The molecule has 0 aromatic carbocycles. The molecule has 17 atom stereocenters. The maximum absolute atomic E-state index is 15.5. The Hall–Kier alpha value is -8.59. The summed E-state index contributed by atoms with van der Waals surface area (Å²) in [4.78, 5) is 235. The first-order valence-electron chi connectivity index (χ1n) is 36.3. The number of carbonyl (C=O) groups excluding carboxylic acids is 15. The highest BCUT2D eigenvalue weighted by atomic mass is 33.1. The Balaban J connectivity index is 1.73. The first kappa shape index (κ1) is 88.0. The predicted octanol–water partition coefficient (Wildman–Crippen LogP) is -4.17. The quantitative estimate of drug-likeness (QED) is 0.0320. The highest BCUT2D eigenvalue weighted by molar-refractivity contribution is 8.77. The number of nitrogens with one attached hydrogen (secondary N) is 14. The number of hydrogen-bond acceptors (Lipinski definition) is 21. The summed E-state index contributed by atoms with van der Waals surface area (Å²) in [5, 5.41) is 68.3. The molecule has 5 saturated heterocycles. The molecule has 39 heteroatoms. The lowest BCUT2D eigenvalue weighted by Gasteiger charge is -2.35. The summed E-state index contributed by atoms with van der Waals surface area (Å²) < 4.78 is 0. The van der Waals surface area contributed by atoms with Crippen molar-refractivity contribution in [2.45, 2.75) is 249 Å². The average molecular weight is 1540 g/mol. The summed E-state index contributed by atoms with van der Waals surface area (Å²) in [5.74, 6) is -18.5. The summed E-state index contributed by atoms with van der Waals surface area (Å²) in [5.41, 5.74) is 4.83. The Kier molecular flexibility index (Phi) is 34.5. The van der Waals surface area contributed by atoms with Crippen molar-refractivity contribution < 1.29 is 92.0 Å². The van der Waals surface area contributed by atoms with Gasteiger partial charge in [0.15, 0.2) is 16.7 Å². The van der Waals surface area contributed by atoms with Crippen LogP contribution in [0.15, 0.2) is 0 Å². The molecule has 19 N–H and O–H groups in total. The van der Waals surface area contributed by atoms with Gasteiger partial charge in [-0.2, -0.15) is 0 Å². The van der Waals surface area contributed by atoms with Crippen LogP contribution >= 0.6 is 21.6 Å². The number of aliphatic hydroxyl groups excluding tert-OH is 2. The van der Waals surface area contributed by atoms with Crippen molar-refractivity contribution in [2.75, 3.05) is 45.9 Å². The Morgan fingerprint density at radius 1 is 0.519 bits per heavy atom. The molecule has 0 saturated carbocycles. The second-order valence-electron chi connectivity index (χ2n) is 28.9. The summed E-state index contributed by atoms with van der Waals surface area (Å²) in [6.07, 6.45) is 0.175. The van der Waals surface area contributed by atoms with Crippen LogP contribution in [0.3, 0.4) is 0 Å². The highest BCUT2D eigenvalue weighted by Crippen LogP contribution is 2.33. The molecule has 37 nitrogen and oxygen atoms in total. The maximum Gasteiger partial charge on any atom is 0.305 e. The zero-order chi connectivity index (χ0) is 79.0. The molecular formula is C67H110N18O19S2. The van der Waals surface area contributed by atoms with Crippen molar-refractivity contribution in [1.29, 1.82) is 5.41 Å². The first-order valence-corrected chi connectivity index (χ1v) is 38.6. The minimum absolute atomic E-state index is 0.0194. The fraction of sp³-hybridized carbons (Fsp3) is 0.746. The van der Waals surface area contributed by atoms with Gasteiger partial charge < -0.3 is 105 Å². The number of nitrogens with zero attached hydrogens (tertiary/aromatic N) is 3. The van der Waals surface area contributed by atoms with E-state index < -0.39 is 227 Å². The molecule has 594 valence electrons. The number of nitrogens with two attached hydrogens (primary N) is 1. The fourth-order valence-corrected chi connectivity index (χ4v) is 15.1. The lowest BCUT2D eigenvalue weighted by atomic mass is 9.87. The summed E-state index contributed by atoms with van der Waals surface area (Å²) in [6, 6.07) is -18.1. The van der Waals surface area contributed by atoms with E-state index in [1.807, 2.05) is 0 Å². The molecule has 5 fully saturated rings. The molecule has 5 heterocycles. The van der Waals surface area contributed by atoms with E-state index in [4.69, 9.17) is 11.1 Å². The molecule has 0 aromatic heterocycles. The SMILES string of the molecule is CC[C@H](C)[C@@H]1NC(=O)[C@H](C)NC(=O)CCCNC(=O)[C@H](CC(=O)O)NC(=O)[C@@H]2CCCN2C(=O)[C@H]([C@@H](C)CC)NC(=O)[C@H]2NC(=O)[C@H]([C@@H](C)CC)NC(=O)[C@@H]3CCCN3C(=O)[C@@H]3CCCN3C(=O)[C@H](CC(C)(C)C)NC(=O)[C@H](CO)NC(=O)[C@H](CCCNC(=N)N)NC(=O)[C@H](CO)NC(=O)[C@@H](NC1=O)SS2. The normalized spacial score (nSPS) is 29.6. The van der Waals surface area contributed by atoms with E-state index >= 15 is 19.2 Å². The van der Waals surface area contributed by atoms with Gasteiger partial charge in [-0.3, -0.25) is 82.1 Å². The minimum atomic E-state index is -2.03. The fourth-order valence-electron chi connectivity index (χ4n) is 12.8. The molecule has 0 spiro atoms. The number of aliphatic carboxylic acids is 1. The van der Waals surface area contributed by atoms with Crippen molar-refractivity contribution in [2.24, 2.45) is 28.9 Å². The van der Waals surface area contributed by atoms with Gasteiger partial charge in [-0.1, -0.05) is 103 Å². The number of guanidine groups is 1. The minimum Gasteiger partial charge on any atom is -0.481 e. The Bertz CT molecular complexity index is 3220. The molecule has 0 unspecified atom stereocenters. The first-order chi connectivity index (χ1) is 50.0. The lowest BCUT2D eigenvalue weighted by molar-refractivity contribution is -0.148. The van der Waals surface area contributed by atoms with Gasteiger partial charge >= 0.3 is 5.97 Å². The Morgan fingerprint density at radius 3 is 1.44 bits per heavy atom. The third-order valence-corrected chi connectivity index (χ3v) is 22.1. The highest BCUT2D eigenvalue weighted by Gasteiger charge is 2.47. The number of rotatable bonds is 15. The number of amides is 15. The van der Waals surface area contributed by atoms with Crippen LogP contribution in [0.4, 0.5) is 0 Å². The number of fused-ring (bicyclic) bond motifs is 6. The van der Waals surface area contributed by atoms with Gasteiger partial charge in [0.05, 0.1) is 19.6 Å². The zero-order valence-electron chi connectivity index (χ0n) is 62.0. The van der Waals surface area contributed by atoms with E-state index in [1.165, 1.54) is 16.7 Å². The van der Waals surface area contributed by atoms with Crippen LogP contribution in [0.1, 0.15) is 166 Å². The van der Waals surface area contributed by atoms with Crippen LogP contribution in [0.25, 0.3) is 0 Å². The molecular weight excluding hydrogens is 1420 g/mol. The van der Waals surface area contributed by atoms with Crippen LogP contribution < -0.4 is 74.9 Å². The molecule has 5 rings (SSSR count). The van der Waals surface area contributed by atoms with Crippen molar-refractivity contribution in [3.8, 4) is 0 Å². The summed E-state index contributed by atoms with van der Waals surface area (Å²) in [6.45, 7) is 14.1. The molecule has 5 aliphatic heterocycles. The topological polar surface area (TPSA) is 550 Å². The van der Waals surface area contributed by atoms with Crippen molar-refractivity contribution in [3.05, 3.63) is 0 Å². The number of hydrogen-bond donors (Lipinski definition) is 18. The predicted molar refractivity (Wildman–Crippen MR) is 387 cm³/mol. The van der Waals surface area contributed by atoms with Gasteiger partial charge in [-0.25, -0.2) is 0 Å². The van der Waals surface area contributed by atoms with E-state index in [1.54, 1.807) is 62.3 Å². The largest absolute Gasteiger partial charge is 0.481 e. The summed E-state index contributed by atoms with van der Waals surface area (Å²) >= 11 is 0. The van der Waals surface area contributed by atoms with Crippen molar-refractivity contribution in [3.63, 3.8) is 0 Å². The molecule has 0 aromatic rings.